The van der Waals surface area contributed by atoms with E-state index in [9.17, 15) is 5.11 Å². The van der Waals surface area contributed by atoms with Crippen LogP contribution >= 0.6 is 0 Å². The SMILES string of the molecule is O[C@@H]1CN(Cc2cnc(C3CCCCC3)nc2)C[C@H]1N1CCCC1. The van der Waals surface area contributed by atoms with Gasteiger partial charge in [-0.05, 0) is 38.8 Å². The van der Waals surface area contributed by atoms with Crippen molar-refractivity contribution in [3.8, 4) is 0 Å². The van der Waals surface area contributed by atoms with Gasteiger partial charge in [0.25, 0.3) is 0 Å². The largest absolute Gasteiger partial charge is 0.390 e. The van der Waals surface area contributed by atoms with Gasteiger partial charge in [-0.2, -0.15) is 0 Å². The van der Waals surface area contributed by atoms with E-state index in [0.29, 0.717) is 12.0 Å². The molecule has 1 aromatic rings. The molecule has 3 aliphatic rings. The van der Waals surface area contributed by atoms with Crippen LogP contribution in [0.4, 0.5) is 0 Å². The second-order valence-electron chi connectivity index (χ2n) is 7.86. The first kappa shape index (κ1) is 16.4. The second-order valence-corrected chi connectivity index (χ2v) is 7.86. The fraction of sp³-hybridized carbons (Fsp3) is 0.789. The summed E-state index contributed by atoms with van der Waals surface area (Å²) in [5.74, 6) is 1.61. The molecular weight excluding hydrogens is 300 g/mol. The number of aliphatic hydroxyl groups excluding tert-OH is 1. The minimum atomic E-state index is -0.217. The summed E-state index contributed by atoms with van der Waals surface area (Å²) in [6.45, 7) is 4.88. The molecule has 5 nitrogen and oxygen atoms in total. The van der Waals surface area contributed by atoms with Crippen LogP contribution in [0.1, 0.15) is 62.3 Å². The van der Waals surface area contributed by atoms with Crippen molar-refractivity contribution in [1.29, 1.82) is 0 Å². The molecule has 2 saturated heterocycles. The van der Waals surface area contributed by atoms with E-state index >= 15 is 0 Å². The Morgan fingerprint density at radius 1 is 0.958 bits per heavy atom. The molecule has 2 atom stereocenters. The summed E-state index contributed by atoms with van der Waals surface area (Å²) in [6, 6.07) is 0.315. The van der Waals surface area contributed by atoms with Gasteiger partial charge in [-0.3, -0.25) is 9.80 Å². The van der Waals surface area contributed by atoms with Crippen molar-refractivity contribution in [2.45, 2.75) is 69.6 Å². The lowest BCUT2D eigenvalue weighted by molar-refractivity contribution is 0.0978. The maximum Gasteiger partial charge on any atom is 0.131 e. The van der Waals surface area contributed by atoms with Crippen molar-refractivity contribution in [3.05, 3.63) is 23.8 Å². The van der Waals surface area contributed by atoms with Crippen molar-refractivity contribution in [2.24, 2.45) is 0 Å². The summed E-state index contributed by atoms with van der Waals surface area (Å²) in [4.78, 5) is 14.1. The molecule has 5 heteroatoms. The molecule has 1 saturated carbocycles. The van der Waals surface area contributed by atoms with Crippen LogP contribution in [0.15, 0.2) is 12.4 Å². The smallest absolute Gasteiger partial charge is 0.131 e. The number of likely N-dealkylation sites (tertiary alicyclic amines) is 2. The molecule has 3 fully saturated rings. The van der Waals surface area contributed by atoms with Crippen molar-refractivity contribution in [2.75, 3.05) is 26.2 Å². The van der Waals surface area contributed by atoms with E-state index < -0.39 is 0 Å². The Bertz CT molecular complexity index is 523. The number of hydrogen-bond donors (Lipinski definition) is 1. The molecule has 0 radical (unpaired) electrons. The maximum absolute atomic E-state index is 10.4. The average Bonchev–Trinajstić information content (AvgIpc) is 3.26. The highest BCUT2D eigenvalue weighted by molar-refractivity contribution is 5.09. The van der Waals surface area contributed by atoms with Gasteiger partial charge < -0.3 is 5.11 Å². The van der Waals surface area contributed by atoms with E-state index in [4.69, 9.17) is 0 Å². The highest BCUT2D eigenvalue weighted by Crippen LogP contribution is 2.30. The number of hydrogen-bond acceptors (Lipinski definition) is 5. The molecule has 0 spiro atoms. The molecule has 132 valence electrons. The normalized spacial score (nSPS) is 30.2. The molecular formula is C19H30N4O. The zero-order chi connectivity index (χ0) is 16.4. The Morgan fingerprint density at radius 3 is 2.38 bits per heavy atom. The first-order valence-electron chi connectivity index (χ1n) is 9.75. The third kappa shape index (κ3) is 3.63. The first-order valence-corrected chi connectivity index (χ1v) is 9.75. The van der Waals surface area contributed by atoms with Crippen LogP contribution in [0.5, 0.6) is 0 Å². The van der Waals surface area contributed by atoms with Crippen molar-refractivity contribution in [1.82, 2.24) is 19.8 Å². The predicted octanol–water partition coefficient (Wildman–Crippen LogP) is 2.17. The minimum absolute atomic E-state index is 0.217. The lowest BCUT2D eigenvalue weighted by Gasteiger charge is -2.25. The third-order valence-electron chi connectivity index (χ3n) is 6.05. The van der Waals surface area contributed by atoms with Crippen LogP contribution < -0.4 is 0 Å². The van der Waals surface area contributed by atoms with Crippen LogP contribution in [0.3, 0.4) is 0 Å². The Balaban J connectivity index is 1.33. The van der Waals surface area contributed by atoms with Crippen molar-refractivity contribution in [3.63, 3.8) is 0 Å². The van der Waals surface area contributed by atoms with Gasteiger partial charge in [-0.1, -0.05) is 19.3 Å². The highest BCUT2D eigenvalue weighted by Gasteiger charge is 2.36. The lowest BCUT2D eigenvalue weighted by atomic mass is 9.89. The minimum Gasteiger partial charge on any atom is -0.390 e. The summed E-state index contributed by atoms with van der Waals surface area (Å²) in [5.41, 5.74) is 1.17. The molecule has 1 aromatic heterocycles. The van der Waals surface area contributed by atoms with E-state index in [-0.39, 0.29) is 6.10 Å². The number of aliphatic hydroxyl groups is 1. The fourth-order valence-corrected chi connectivity index (χ4v) is 4.68. The molecule has 24 heavy (non-hydrogen) atoms. The van der Waals surface area contributed by atoms with Crippen molar-refractivity contribution >= 4 is 0 Å². The summed E-state index contributed by atoms with van der Waals surface area (Å²) >= 11 is 0. The van der Waals surface area contributed by atoms with Gasteiger partial charge >= 0.3 is 0 Å². The second kappa shape index (κ2) is 7.46. The first-order chi connectivity index (χ1) is 11.8. The van der Waals surface area contributed by atoms with Gasteiger partial charge in [0.05, 0.1) is 6.10 Å². The zero-order valence-electron chi connectivity index (χ0n) is 14.6. The number of rotatable bonds is 4. The third-order valence-corrected chi connectivity index (χ3v) is 6.05. The van der Waals surface area contributed by atoms with E-state index in [1.165, 1.54) is 50.5 Å². The van der Waals surface area contributed by atoms with E-state index in [0.717, 1.165) is 38.5 Å². The Labute approximate surface area is 145 Å². The monoisotopic (exact) mass is 330 g/mol. The molecule has 1 N–H and O–H groups in total. The molecule has 0 aromatic carbocycles. The van der Waals surface area contributed by atoms with E-state index in [2.05, 4.69) is 19.8 Å². The van der Waals surface area contributed by atoms with E-state index in [1.807, 2.05) is 12.4 Å². The number of nitrogens with zero attached hydrogens (tertiary/aromatic N) is 4. The Kier molecular flexibility index (Phi) is 5.11. The standard InChI is InChI=1S/C19H30N4O/c24-18-14-22(13-17(18)23-8-4-5-9-23)12-15-10-20-19(21-11-15)16-6-2-1-3-7-16/h10-11,16-18,24H,1-9,12-14H2/t17-,18-/m1/s1. The number of aromatic nitrogens is 2. The van der Waals surface area contributed by atoms with Gasteiger partial charge in [0.2, 0.25) is 0 Å². The molecule has 0 unspecified atom stereocenters. The maximum atomic E-state index is 10.4. The van der Waals surface area contributed by atoms with Crippen LogP contribution in [0, 0.1) is 0 Å². The fourth-order valence-electron chi connectivity index (χ4n) is 4.68. The van der Waals surface area contributed by atoms with Crippen molar-refractivity contribution < 1.29 is 5.11 Å². The Morgan fingerprint density at radius 2 is 1.67 bits per heavy atom. The number of β-amino-alcohol motifs (C(OH)–C–C–N with tert-alkyl or cyclic N) is 1. The lowest BCUT2D eigenvalue weighted by Crippen LogP contribution is -2.41. The highest BCUT2D eigenvalue weighted by atomic mass is 16.3. The molecule has 0 bridgehead atoms. The topological polar surface area (TPSA) is 52.5 Å². The van der Waals surface area contributed by atoms with Gasteiger partial charge in [0.15, 0.2) is 0 Å². The molecule has 2 aliphatic heterocycles. The molecule has 1 aliphatic carbocycles. The summed E-state index contributed by atoms with van der Waals surface area (Å²) in [6.07, 6.45) is 12.8. The van der Waals surface area contributed by atoms with Gasteiger partial charge in [0, 0.05) is 49.6 Å². The van der Waals surface area contributed by atoms with Gasteiger partial charge in [-0.25, -0.2) is 9.97 Å². The summed E-state index contributed by atoms with van der Waals surface area (Å²) in [5, 5.41) is 10.4. The van der Waals surface area contributed by atoms with Crippen LogP contribution in [-0.2, 0) is 6.54 Å². The van der Waals surface area contributed by atoms with Crippen LogP contribution in [0.25, 0.3) is 0 Å². The molecule has 4 rings (SSSR count). The van der Waals surface area contributed by atoms with Crippen LogP contribution in [-0.4, -0.2) is 63.2 Å². The van der Waals surface area contributed by atoms with E-state index in [1.54, 1.807) is 0 Å². The quantitative estimate of drug-likeness (QED) is 0.917. The summed E-state index contributed by atoms with van der Waals surface area (Å²) < 4.78 is 0. The molecule has 0 amide bonds. The van der Waals surface area contributed by atoms with Gasteiger partial charge in [-0.15, -0.1) is 0 Å². The van der Waals surface area contributed by atoms with Crippen LogP contribution in [0.2, 0.25) is 0 Å². The summed E-state index contributed by atoms with van der Waals surface area (Å²) in [7, 11) is 0. The predicted molar refractivity (Wildman–Crippen MR) is 93.7 cm³/mol. The molecule has 3 heterocycles. The van der Waals surface area contributed by atoms with Gasteiger partial charge in [0.1, 0.15) is 5.82 Å². The Hall–Kier alpha value is -1.04. The zero-order valence-corrected chi connectivity index (χ0v) is 14.6. The average molecular weight is 330 g/mol.